The first-order valence-electron chi connectivity index (χ1n) is 10.8. The van der Waals surface area contributed by atoms with Gasteiger partial charge in [-0.05, 0) is 53.4 Å². The summed E-state index contributed by atoms with van der Waals surface area (Å²) in [6.07, 6.45) is 0.855. The molecule has 1 heterocycles. The van der Waals surface area contributed by atoms with Crippen molar-refractivity contribution in [2.45, 2.75) is 23.9 Å². The van der Waals surface area contributed by atoms with Crippen LogP contribution in [0.3, 0.4) is 0 Å². The summed E-state index contributed by atoms with van der Waals surface area (Å²) >= 11 is 0. The number of nitrogens with one attached hydrogen (secondary N) is 1. The SMILES string of the molecule is CN(C)c1ccc([C@@H](CNS(=O)(=O)c2cc(F)ccc2F)N2CCc3ccccc3C2)cc1. The monoisotopic (exact) mass is 471 g/mol. The highest BCUT2D eigenvalue weighted by Crippen LogP contribution is 2.29. The van der Waals surface area contributed by atoms with Gasteiger partial charge in [-0.2, -0.15) is 0 Å². The van der Waals surface area contributed by atoms with Crippen LogP contribution in [-0.4, -0.2) is 40.5 Å². The van der Waals surface area contributed by atoms with Gasteiger partial charge >= 0.3 is 0 Å². The maximum absolute atomic E-state index is 14.2. The number of rotatable bonds is 7. The molecule has 1 atom stereocenters. The van der Waals surface area contributed by atoms with E-state index in [2.05, 4.69) is 21.8 Å². The first-order valence-corrected chi connectivity index (χ1v) is 12.3. The van der Waals surface area contributed by atoms with Crippen LogP contribution in [0.2, 0.25) is 0 Å². The van der Waals surface area contributed by atoms with E-state index in [1.165, 1.54) is 11.1 Å². The summed E-state index contributed by atoms with van der Waals surface area (Å²) in [6.45, 7) is 1.46. The van der Waals surface area contributed by atoms with Crippen LogP contribution in [0.5, 0.6) is 0 Å². The van der Waals surface area contributed by atoms with E-state index >= 15 is 0 Å². The van der Waals surface area contributed by atoms with Gasteiger partial charge in [0.05, 0.1) is 0 Å². The van der Waals surface area contributed by atoms with Gasteiger partial charge in [0, 0.05) is 45.5 Å². The van der Waals surface area contributed by atoms with Crippen LogP contribution >= 0.6 is 0 Å². The number of halogens is 2. The molecule has 1 aliphatic rings. The topological polar surface area (TPSA) is 52.7 Å². The zero-order chi connectivity index (χ0) is 23.6. The Labute approximate surface area is 193 Å². The quantitative estimate of drug-likeness (QED) is 0.564. The fraction of sp³-hybridized carbons (Fsp3) is 0.280. The molecular weight excluding hydrogens is 444 g/mol. The molecule has 0 aliphatic carbocycles. The van der Waals surface area contributed by atoms with Crippen LogP contribution in [0.25, 0.3) is 0 Å². The number of fused-ring (bicyclic) bond motifs is 1. The second kappa shape index (κ2) is 9.59. The van der Waals surface area contributed by atoms with Gasteiger partial charge in [-0.25, -0.2) is 21.9 Å². The van der Waals surface area contributed by atoms with Crippen LogP contribution in [0.15, 0.2) is 71.6 Å². The maximum atomic E-state index is 14.2. The van der Waals surface area contributed by atoms with E-state index in [4.69, 9.17) is 0 Å². The number of hydrogen-bond donors (Lipinski definition) is 1. The number of benzene rings is 3. The molecule has 0 aromatic heterocycles. The lowest BCUT2D eigenvalue weighted by Gasteiger charge is -2.36. The van der Waals surface area contributed by atoms with Gasteiger partial charge < -0.3 is 4.90 Å². The molecule has 1 aliphatic heterocycles. The molecule has 8 heteroatoms. The Kier molecular flexibility index (Phi) is 6.78. The third-order valence-electron chi connectivity index (χ3n) is 6.04. The van der Waals surface area contributed by atoms with Gasteiger partial charge in [-0.3, -0.25) is 4.90 Å². The average Bonchev–Trinajstić information content (AvgIpc) is 2.81. The van der Waals surface area contributed by atoms with Gasteiger partial charge in [0.2, 0.25) is 10.0 Å². The van der Waals surface area contributed by atoms with Crippen LogP contribution < -0.4 is 9.62 Å². The van der Waals surface area contributed by atoms with Crippen molar-refractivity contribution in [2.75, 3.05) is 32.1 Å². The van der Waals surface area contributed by atoms with E-state index in [-0.39, 0.29) is 12.6 Å². The molecule has 0 unspecified atom stereocenters. The molecule has 174 valence electrons. The Hall–Kier alpha value is -2.81. The van der Waals surface area contributed by atoms with Gasteiger partial charge in [-0.15, -0.1) is 0 Å². The molecule has 0 amide bonds. The van der Waals surface area contributed by atoms with Crippen LogP contribution in [-0.2, 0) is 23.0 Å². The summed E-state index contributed by atoms with van der Waals surface area (Å²) in [4.78, 5) is 3.52. The Morgan fingerprint density at radius 3 is 2.39 bits per heavy atom. The van der Waals surface area contributed by atoms with E-state index in [1.54, 1.807) is 0 Å². The van der Waals surface area contributed by atoms with Crippen molar-refractivity contribution in [3.05, 3.63) is 95.1 Å². The van der Waals surface area contributed by atoms with Crippen molar-refractivity contribution >= 4 is 15.7 Å². The normalized spacial score (nSPS) is 15.2. The molecule has 0 spiro atoms. The minimum absolute atomic E-state index is 0.0295. The molecule has 0 saturated heterocycles. The van der Waals surface area contributed by atoms with E-state index in [1.807, 2.05) is 55.4 Å². The number of anilines is 1. The summed E-state index contributed by atoms with van der Waals surface area (Å²) in [5.41, 5.74) is 4.47. The lowest BCUT2D eigenvalue weighted by atomic mass is 9.96. The van der Waals surface area contributed by atoms with Crippen LogP contribution in [0.4, 0.5) is 14.5 Å². The molecule has 0 fully saturated rings. The Morgan fingerprint density at radius 2 is 1.70 bits per heavy atom. The van der Waals surface area contributed by atoms with Crippen LogP contribution in [0, 0.1) is 11.6 Å². The standard InChI is InChI=1S/C25H27F2N3O2S/c1-29(2)22-10-7-19(8-11-22)24(30-14-13-18-5-3-4-6-20(18)17-30)16-28-33(31,32)25-15-21(26)9-12-23(25)27/h3-12,15,24,28H,13-14,16-17H2,1-2H3/t24-/m1/s1. The van der Waals surface area contributed by atoms with Crippen molar-refractivity contribution in [1.82, 2.24) is 9.62 Å². The predicted octanol–water partition coefficient (Wildman–Crippen LogP) is 4.11. The zero-order valence-electron chi connectivity index (χ0n) is 18.6. The summed E-state index contributed by atoms with van der Waals surface area (Å²) in [7, 11) is -0.329. The summed E-state index contributed by atoms with van der Waals surface area (Å²) in [5.74, 6) is -1.79. The van der Waals surface area contributed by atoms with Crippen molar-refractivity contribution in [3.8, 4) is 0 Å². The first-order chi connectivity index (χ1) is 15.7. The Morgan fingerprint density at radius 1 is 1.00 bits per heavy atom. The van der Waals surface area contributed by atoms with Crippen molar-refractivity contribution < 1.29 is 17.2 Å². The van der Waals surface area contributed by atoms with Crippen molar-refractivity contribution in [2.24, 2.45) is 0 Å². The third kappa shape index (κ3) is 5.24. The fourth-order valence-corrected chi connectivity index (χ4v) is 5.31. The molecule has 3 aromatic carbocycles. The summed E-state index contributed by atoms with van der Waals surface area (Å²) in [6, 6.07) is 18.3. The number of nitrogens with zero attached hydrogens (tertiary/aromatic N) is 2. The highest BCUT2D eigenvalue weighted by Gasteiger charge is 2.28. The highest BCUT2D eigenvalue weighted by molar-refractivity contribution is 7.89. The Balaban J connectivity index is 1.62. The zero-order valence-corrected chi connectivity index (χ0v) is 19.4. The number of sulfonamides is 1. The molecule has 0 saturated carbocycles. The lowest BCUT2D eigenvalue weighted by molar-refractivity contribution is 0.180. The molecule has 0 bridgehead atoms. The molecule has 33 heavy (non-hydrogen) atoms. The molecule has 3 aromatic rings. The van der Waals surface area contributed by atoms with Crippen LogP contribution in [0.1, 0.15) is 22.7 Å². The minimum Gasteiger partial charge on any atom is -0.378 e. The van der Waals surface area contributed by atoms with E-state index < -0.39 is 26.6 Å². The first kappa shape index (κ1) is 23.4. The summed E-state index contributed by atoms with van der Waals surface area (Å²) in [5, 5.41) is 0. The highest BCUT2D eigenvalue weighted by atomic mass is 32.2. The van der Waals surface area contributed by atoms with Gasteiger partial charge in [0.25, 0.3) is 0 Å². The smallest absolute Gasteiger partial charge is 0.243 e. The second-order valence-electron chi connectivity index (χ2n) is 8.42. The second-order valence-corrected chi connectivity index (χ2v) is 10.2. The lowest BCUT2D eigenvalue weighted by Crippen LogP contribution is -2.40. The van der Waals surface area contributed by atoms with E-state index in [9.17, 15) is 17.2 Å². The Bertz CT molecular complexity index is 1230. The minimum atomic E-state index is -4.24. The van der Waals surface area contributed by atoms with Crippen molar-refractivity contribution in [3.63, 3.8) is 0 Å². The van der Waals surface area contributed by atoms with Gasteiger partial charge in [-0.1, -0.05) is 36.4 Å². The average molecular weight is 472 g/mol. The molecule has 5 nitrogen and oxygen atoms in total. The van der Waals surface area contributed by atoms with E-state index in [0.717, 1.165) is 36.3 Å². The predicted molar refractivity (Wildman–Crippen MR) is 126 cm³/mol. The molecular formula is C25H27F2N3O2S. The maximum Gasteiger partial charge on any atom is 0.243 e. The largest absolute Gasteiger partial charge is 0.378 e. The fourth-order valence-electron chi connectivity index (χ4n) is 4.19. The number of hydrogen-bond acceptors (Lipinski definition) is 4. The van der Waals surface area contributed by atoms with Gasteiger partial charge in [0.15, 0.2) is 0 Å². The van der Waals surface area contributed by atoms with Gasteiger partial charge in [0.1, 0.15) is 16.5 Å². The molecule has 4 rings (SSSR count). The van der Waals surface area contributed by atoms with Crippen molar-refractivity contribution in [1.29, 1.82) is 0 Å². The third-order valence-corrected chi connectivity index (χ3v) is 7.48. The molecule has 1 N–H and O–H groups in total. The summed E-state index contributed by atoms with van der Waals surface area (Å²) < 4.78 is 55.9. The molecule has 0 radical (unpaired) electrons. The van der Waals surface area contributed by atoms with E-state index in [0.29, 0.717) is 12.6 Å².